The maximum absolute atomic E-state index is 12.0. The maximum atomic E-state index is 12.0. The van der Waals surface area contributed by atoms with E-state index in [-0.39, 0.29) is 18.5 Å². The molecule has 0 saturated heterocycles. The first-order chi connectivity index (χ1) is 9.17. The normalized spacial score (nSPS) is 13.2. The molecular weight excluding hydrogens is 266 g/mol. The molecule has 1 heterocycles. The van der Waals surface area contributed by atoms with Gasteiger partial charge in [-0.25, -0.2) is 4.79 Å². The van der Waals surface area contributed by atoms with Crippen molar-refractivity contribution < 1.29 is 19.1 Å². The van der Waals surface area contributed by atoms with Crippen molar-refractivity contribution in [2.24, 2.45) is 0 Å². The Bertz CT molecular complexity index is 495. The molecule has 0 spiro atoms. The van der Waals surface area contributed by atoms with Gasteiger partial charge in [0.25, 0.3) is 5.91 Å². The number of esters is 1. The van der Waals surface area contributed by atoms with Crippen LogP contribution < -0.4 is 5.32 Å². The van der Waals surface area contributed by atoms with Gasteiger partial charge in [0, 0.05) is 12.0 Å². The number of carbonyl (C=O) groups excluding carboxylic acids is 2. The Balaban J connectivity index is 2.27. The molecule has 0 atom stereocenters. The molecule has 0 radical (unpaired) electrons. The lowest BCUT2D eigenvalue weighted by molar-refractivity contribution is -0.119. The first kappa shape index (κ1) is 14.0. The SMILES string of the molecule is CCOC(=O)c1c(NC(=O)COC)sc2c1CCC2. The average Bonchev–Trinajstić information content (AvgIpc) is 2.89. The van der Waals surface area contributed by atoms with E-state index in [0.717, 1.165) is 24.8 Å². The lowest BCUT2D eigenvalue weighted by Crippen LogP contribution is -2.18. The second-order valence-corrected chi connectivity index (χ2v) is 5.37. The molecule has 0 bridgehead atoms. The molecule has 5 nitrogen and oxygen atoms in total. The summed E-state index contributed by atoms with van der Waals surface area (Å²) in [5.74, 6) is -0.609. The third kappa shape index (κ3) is 2.96. The number of anilines is 1. The van der Waals surface area contributed by atoms with Crippen LogP contribution in [0.5, 0.6) is 0 Å². The zero-order valence-corrected chi connectivity index (χ0v) is 11.9. The highest BCUT2D eigenvalue weighted by Gasteiger charge is 2.28. The first-order valence-electron chi connectivity index (χ1n) is 6.27. The fourth-order valence-corrected chi connectivity index (χ4v) is 3.50. The van der Waals surface area contributed by atoms with E-state index in [1.165, 1.54) is 23.3 Å². The molecule has 0 saturated carbocycles. The number of ether oxygens (including phenoxy) is 2. The summed E-state index contributed by atoms with van der Waals surface area (Å²) in [4.78, 5) is 24.8. The van der Waals surface area contributed by atoms with Gasteiger partial charge in [0.1, 0.15) is 11.6 Å². The molecular formula is C13H17NO4S. The van der Waals surface area contributed by atoms with Crippen LogP contribution in [0.15, 0.2) is 0 Å². The number of hydrogen-bond acceptors (Lipinski definition) is 5. The fourth-order valence-electron chi connectivity index (χ4n) is 2.21. The lowest BCUT2D eigenvalue weighted by Gasteiger charge is -2.07. The number of fused-ring (bicyclic) bond motifs is 1. The molecule has 0 unspecified atom stereocenters. The van der Waals surface area contributed by atoms with Crippen molar-refractivity contribution in [3.63, 3.8) is 0 Å². The highest BCUT2D eigenvalue weighted by molar-refractivity contribution is 7.17. The summed E-state index contributed by atoms with van der Waals surface area (Å²) in [5.41, 5.74) is 1.57. The molecule has 1 aliphatic rings. The van der Waals surface area contributed by atoms with Gasteiger partial charge in [-0.2, -0.15) is 0 Å². The fraction of sp³-hybridized carbons (Fsp3) is 0.538. The molecule has 1 amide bonds. The predicted molar refractivity (Wildman–Crippen MR) is 72.8 cm³/mol. The van der Waals surface area contributed by atoms with Crippen molar-refractivity contribution in [1.82, 2.24) is 0 Å². The van der Waals surface area contributed by atoms with Crippen molar-refractivity contribution in [1.29, 1.82) is 0 Å². The van der Waals surface area contributed by atoms with Crippen LogP contribution in [0.2, 0.25) is 0 Å². The van der Waals surface area contributed by atoms with E-state index < -0.39 is 0 Å². The van der Waals surface area contributed by atoms with Gasteiger partial charge in [0.2, 0.25) is 0 Å². The number of carbonyl (C=O) groups is 2. The van der Waals surface area contributed by atoms with Gasteiger partial charge < -0.3 is 14.8 Å². The smallest absolute Gasteiger partial charge is 0.341 e. The molecule has 19 heavy (non-hydrogen) atoms. The molecule has 6 heteroatoms. The standard InChI is InChI=1S/C13H17NO4S/c1-3-18-13(16)11-8-5-4-6-9(8)19-12(11)14-10(15)7-17-2/h3-7H2,1-2H3,(H,14,15). The van der Waals surface area contributed by atoms with Crippen molar-refractivity contribution in [2.45, 2.75) is 26.2 Å². The van der Waals surface area contributed by atoms with Crippen LogP contribution in [0.3, 0.4) is 0 Å². The maximum Gasteiger partial charge on any atom is 0.341 e. The number of amides is 1. The highest BCUT2D eigenvalue weighted by Crippen LogP contribution is 2.39. The molecule has 2 rings (SSSR count). The zero-order chi connectivity index (χ0) is 13.8. The summed E-state index contributed by atoms with van der Waals surface area (Å²) in [7, 11) is 1.46. The van der Waals surface area contributed by atoms with Crippen molar-refractivity contribution in [3.05, 3.63) is 16.0 Å². The molecule has 1 aromatic rings. The van der Waals surface area contributed by atoms with E-state index in [9.17, 15) is 9.59 Å². The van der Waals surface area contributed by atoms with Gasteiger partial charge in [-0.05, 0) is 31.7 Å². The Morgan fingerprint density at radius 2 is 2.16 bits per heavy atom. The summed E-state index contributed by atoms with van der Waals surface area (Å²) < 4.78 is 9.86. The van der Waals surface area contributed by atoms with Crippen LogP contribution in [0, 0.1) is 0 Å². The number of hydrogen-bond donors (Lipinski definition) is 1. The molecule has 0 aromatic carbocycles. The Labute approximate surface area is 115 Å². The molecule has 0 fully saturated rings. The van der Waals surface area contributed by atoms with E-state index >= 15 is 0 Å². The van der Waals surface area contributed by atoms with Crippen molar-refractivity contribution in [2.75, 3.05) is 25.6 Å². The van der Waals surface area contributed by atoms with Gasteiger partial charge in [-0.1, -0.05) is 0 Å². The van der Waals surface area contributed by atoms with Crippen molar-refractivity contribution in [3.8, 4) is 0 Å². The average molecular weight is 283 g/mol. The molecule has 0 aliphatic heterocycles. The monoisotopic (exact) mass is 283 g/mol. The minimum Gasteiger partial charge on any atom is -0.462 e. The number of aryl methyl sites for hydroxylation is 1. The lowest BCUT2D eigenvalue weighted by atomic mass is 10.1. The van der Waals surface area contributed by atoms with E-state index in [1.54, 1.807) is 6.92 Å². The zero-order valence-electron chi connectivity index (χ0n) is 11.1. The Morgan fingerprint density at radius 3 is 2.84 bits per heavy atom. The quantitative estimate of drug-likeness (QED) is 0.839. The summed E-state index contributed by atoms with van der Waals surface area (Å²) in [6, 6.07) is 0. The minimum absolute atomic E-state index is 0.0230. The summed E-state index contributed by atoms with van der Waals surface area (Å²) in [6.07, 6.45) is 2.90. The summed E-state index contributed by atoms with van der Waals surface area (Å²) >= 11 is 1.47. The molecule has 1 aliphatic carbocycles. The van der Waals surface area contributed by atoms with Gasteiger partial charge in [-0.3, -0.25) is 4.79 Å². The Morgan fingerprint density at radius 1 is 1.37 bits per heavy atom. The second-order valence-electron chi connectivity index (χ2n) is 4.26. The Hall–Kier alpha value is -1.40. The number of thiophene rings is 1. The number of nitrogens with one attached hydrogen (secondary N) is 1. The van der Waals surface area contributed by atoms with Gasteiger partial charge in [0.15, 0.2) is 0 Å². The molecule has 1 aromatic heterocycles. The van der Waals surface area contributed by atoms with Crippen LogP contribution in [0.25, 0.3) is 0 Å². The molecule has 1 N–H and O–H groups in total. The topological polar surface area (TPSA) is 64.6 Å². The Kier molecular flexibility index (Phi) is 4.55. The van der Waals surface area contributed by atoms with Gasteiger partial charge >= 0.3 is 5.97 Å². The van der Waals surface area contributed by atoms with Crippen LogP contribution >= 0.6 is 11.3 Å². The highest BCUT2D eigenvalue weighted by atomic mass is 32.1. The number of rotatable bonds is 5. The van der Waals surface area contributed by atoms with Crippen LogP contribution in [-0.4, -0.2) is 32.2 Å². The van der Waals surface area contributed by atoms with Crippen LogP contribution in [-0.2, 0) is 27.1 Å². The largest absolute Gasteiger partial charge is 0.462 e. The van der Waals surface area contributed by atoms with Gasteiger partial charge in [0.05, 0.1) is 12.2 Å². The third-order valence-corrected chi connectivity index (χ3v) is 4.14. The van der Waals surface area contributed by atoms with Gasteiger partial charge in [-0.15, -0.1) is 11.3 Å². The first-order valence-corrected chi connectivity index (χ1v) is 7.09. The van der Waals surface area contributed by atoms with E-state index in [2.05, 4.69) is 5.32 Å². The summed E-state index contributed by atoms with van der Waals surface area (Å²) in [6.45, 7) is 2.08. The summed E-state index contributed by atoms with van der Waals surface area (Å²) in [5, 5.41) is 3.32. The van der Waals surface area contributed by atoms with Crippen LogP contribution in [0.4, 0.5) is 5.00 Å². The van der Waals surface area contributed by atoms with Crippen molar-refractivity contribution >= 4 is 28.2 Å². The van der Waals surface area contributed by atoms with E-state index in [1.807, 2.05) is 0 Å². The third-order valence-electron chi connectivity index (χ3n) is 2.93. The van der Waals surface area contributed by atoms with Crippen LogP contribution in [0.1, 0.15) is 34.1 Å². The second kappa shape index (κ2) is 6.16. The minimum atomic E-state index is -0.352. The van der Waals surface area contributed by atoms with E-state index in [4.69, 9.17) is 9.47 Å². The van der Waals surface area contributed by atoms with E-state index in [0.29, 0.717) is 17.2 Å². The number of methoxy groups -OCH3 is 1. The molecule has 104 valence electrons. The predicted octanol–water partition coefficient (Wildman–Crippen LogP) is 2.00.